The van der Waals surface area contributed by atoms with E-state index in [4.69, 9.17) is 4.42 Å². The molecule has 0 saturated carbocycles. The molecule has 1 aromatic heterocycles. The summed E-state index contributed by atoms with van der Waals surface area (Å²) in [5.74, 6) is 0.667. The number of benzene rings is 3. The normalized spacial score (nSPS) is 10.9. The van der Waals surface area contributed by atoms with Gasteiger partial charge in [0.15, 0.2) is 0 Å². The maximum atomic E-state index is 13.2. The van der Waals surface area contributed by atoms with Crippen molar-refractivity contribution in [3.63, 3.8) is 0 Å². The van der Waals surface area contributed by atoms with Gasteiger partial charge in [0.1, 0.15) is 0 Å². The predicted molar refractivity (Wildman–Crippen MR) is 107 cm³/mol. The molecule has 4 aromatic rings. The summed E-state index contributed by atoms with van der Waals surface area (Å²) in [5, 5.41) is 0.621. The van der Waals surface area contributed by atoms with E-state index in [0.29, 0.717) is 16.7 Å². The van der Waals surface area contributed by atoms with E-state index in [2.05, 4.69) is 28.1 Å². The van der Waals surface area contributed by atoms with Crippen LogP contribution in [0.15, 0.2) is 92.5 Å². The van der Waals surface area contributed by atoms with E-state index in [9.17, 15) is 4.79 Å². The van der Waals surface area contributed by atoms with Crippen molar-refractivity contribution in [2.24, 2.45) is 0 Å². The number of hydrogen-bond acceptors (Lipinski definition) is 2. The first-order valence-electron chi connectivity index (χ1n) is 7.77. The molecule has 0 radical (unpaired) electrons. The van der Waals surface area contributed by atoms with E-state index in [1.807, 2.05) is 66.7 Å². The third-order valence-corrected chi connectivity index (χ3v) is 6.58. The zero-order chi connectivity index (χ0) is 17.2. The molecule has 0 bridgehead atoms. The summed E-state index contributed by atoms with van der Waals surface area (Å²) in [6.45, 7) is 0. The quantitative estimate of drug-likeness (QED) is 0.439. The first-order valence-corrected chi connectivity index (χ1v) is 10.3. The molecule has 0 fully saturated rings. The van der Waals surface area contributed by atoms with Crippen LogP contribution in [0.25, 0.3) is 22.3 Å². The van der Waals surface area contributed by atoms with Gasteiger partial charge >= 0.3 is 160 Å². The SMILES string of the molecule is O=c1c([Se]c2ccccc2)c(-c2ccccc2)oc2cc(Br)ccc12. The molecule has 0 atom stereocenters. The van der Waals surface area contributed by atoms with Crippen molar-refractivity contribution < 1.29 is 4.42 Å². The zero-order valence-corrected chi connectivity index (χ0v) is 16.4. The summed E-state index contributed by atoms with van der Waals surface area (Å²) < 4.78 is 8.99. The van der Waals surface area contributed by atoms with E-state index in [1.54, 1.807) is 0 Å². The van der Waals surface area contributed by atoms with Crippen LogP contribution in [0.4, 0.5) is 0 Å². The monoisotopic (exact) mass is 456 g/mol. The van der Waals surface area contributed by atoms with Crippen LogP contribution in [0.2, 0.25) is 0 Å². The van der Waals surface area contributed by atoms with Gasteiger partial charge in [-0.25, -0.2) is 0 Å². The molecule has 0 saturated heterocycles. The summed E-state index contributed by atoms with van der Waals surface area (Å²) >= 11 is 3.32. The number of rotatable bonds is 3. The second-order valence-corrected chi connectivity index (χ2v) is 8.70. The van der Waals surface area contributed by atoms with Crippen LogP contribution in [0.3, 0.4) is 0 Å². The third-order valence-electron chi connectivity index (χ3n) is 3.81. The van der Waals surface area contributed by atoms with Crippen LogP contribution in [0, 0.1) is 0 Å². The van der Waals surface area contributed by atoms with Gasteiger partial charge in [-0.05, 0) is 0 Å². The molecular weight excluding hydrogens is 443 g/mol. The van der Waals surface area contributed by atoms with Crippen LogP contribution in [-0.2, 0) is 0 Å². The molecule has 4 rings (SSSR count). The Kier molecular flexibility index (Phi) is 4.58. The Balaban J connectivity index is 1.99. The van der Waals surface area contributed by atoms with E-state index >= 15 is 0 Å². The molecule has 0 unspecified atom stereocenters. The molecule has 0 N–H and O–H groups in total. The summed E-state index contributed by atoms with van der Waals surface area (Å²) in [7, 11) is 0. The van der Waals surface area contributed by atoms with E-state index in [-0.39, 0.29) is 20.4 Å². The molecular formula is C21H13BrO2Se. The van der Waals surface area contributed by atoms with Crippen molar-refractivity contribution in [2.45, 2.75) is 0 Å². The molecule has 1 heterocycles. The standard InChI is InChI=1S/C21H13BrO2Se/c22-15-11-12-17-18(13-15)24-20(14-7-3-1-4-8-14)21(19(17)23)25-16-9-5-2-6-10-16/h1-13H. The van der Waals surface area contributed by atoms with Crippen LogP contribution in [0.5, 0.6) is 0 Å². The van der Waals surface area contributed by atoms with Crippen molar-refractivity contribution in [1.29, 1.82) is 0 Å². The molecule has 2 nitrogen and oxygen atoms in total. The summed E-state index contributed by atoms with van der Waals surface area (Å²) in [6.07, 6.45) is 0. The maximum absolute atomic E-state index is 13.2. The van der Waals surface area contributed by atoms with Crippen molar-refractivity contribution >= 4 is 50.8 Å². The fourth-order valence-corrected chi connectivity index (χ4v) is 5.03. The first-order chi connectivity index (χ1) is 12.2. The van der Waals surface area contributed by atoms with Crippen molar-refractivity contribution in [3.05, 3.63) is 93.6 Å². The Labute approximate surface area is 159 Å². The van der Waals surface area contributed by atoms with Gasteiger partial charge in [-0.1, -0.05) is 0 Å². The average Bonchev–Trinajstić information content (AvgIpc) is 2.65. The predicted octanol–water partition coefficient (Wildman–Crippen LogP) is 3.88. The number of hydrogen-bond donors (Lipinski definition) is 0. The first kappa shape index (κ1) is 16.3. The van der Waals surface area contributed by atoms with E-state index in [0.717, 1.165) is 19.0 Å². The molecule has 0 spiro atoms. The minimum absolute atomic E-state index is 0.0523. The Hall–Kier alpha value is -2.13. The fraction of sp³-hybridized carbons (Fsp3) is 0. The average molecular weight is 456 g/mol. The van der Waals surface area contributed by atoms with Gasteiger partial charge in [0.2, 0.25) is 0 Å². The zero-order valence-electron chi connectivity index (χ0n) is 13.1. The minimum atomic E-state index is -0.131. The molecule has 0 aliphatic rings. The topological polar surface area (TPSA) is 30.2 Å². The van der Waals surface area contributed by atoms with Gasteiger partial charge in [0.25, 0.3) is 0 Å². The fourth-order valence-electron chi connectivity index (χ4n) is 2.63. The molecule has 4 heteroatoms. The van der Waals surface area contributed by atoms with Gasteiger partial charge in [0.05, 0.1) is 0 Å². The third kappa shape index (κ3) is 3.34. The van der Waals surface area contributed by atoms with Crippen LogP contribution in [0.1, 0.15) is 0 Å². The van der Waals surface area contributed by atoms with E-state index in [1.165, 1.54) is 0 Å². The van der Waals surface area contributed by atoms with Gasteiger partial charge in [-0.2, -0.15) is 0 Å². The molecule has 122 valence electrons. The Morgan fingerprint density at radius 1 is 0.840 bits per heavy atom. The van der Waals surface area contributed by atoms with Crippen molar-refractivity contribution in [2.75, 3.05) is 0 Å². The van der Waals surface area contributed by atoms with Gasteiger partial charge in [0, 0.05) is 0 Å². The molecule has 25 heavy (non-hydrogen) atoms. The Morgan fingerprint density at radius 2 is 1.52 bits per heavy atom. The number of fused-ring (bicyclic) bond motifs is 1. The Bertz CT molecular complexity index is 1090. The van der Waals surface area contributed by atoms with Gasteiger partial charge in [-0.3, -0.25) is 0 Å². The second kappa shape index (κ2) is 7.01. The van der Waals surface area contributed by atoms with Crippen LogP contribution in [-0.4, -0.2) is 15.0 Å². The molecule has 0 aliphatic heterocycles. The summed E-state index contributed by atoms with van der Waals surface area (Å²) in [4.78, 5) is 13.2. The van der Waals surface area contributed by atoms with Gasteiger partial charge in [-0.15, -0.1) is 0 Å². The number of halogens is 1. The van der Waals surface area contributed by atoms with Crippen LogP contribution >= 0.6 is 15.9 Å². The van der Waals surface area contributed by atoms with Crippen molar-refractivity contribution in [1.82, 2.24) is 0 Å². The Morgan fingerprint density at radius 3 is 2.24 bits per heavy atom. The van der Waals surface area contributed by atoms with Crippen LogP contribution < -0.4 is 14.4 Å². The second-order valence-electron chi connectivity index (χ2n) is 5.51. The molecule has 0 aliphatic carbocycles. The van der Waals surface area contributed by atoms with Gasteiger partial charge < -0.3 is 0 Å². The van der Waals surface area contributed by atoms with Crippen molar-refractivity contribution in [3.8, 4) is 11.3 Å². The molecule has 3 aromatic carbocycles. The van der Waals surface area contributed by atoms with E-state index < -0.39 is 0 Å². The summed E-state index contributed by atoms with van der Waals surface area (Å²) in [6, 6.07) is 25.5. The summed E-state index contributed by atoms with van der Waals surface area (Å²) in [5.41, 5.74) is 1.58. The molecule has 0 amide bonds.